The molecule has 0 aromatic carbocycles. The first kappa shape index (κ1) is 15.2. The van der Waals surface area contributed by atoms with Crippen LogP contribution in [0.4, 0.5) is 0 Å². The highest BCUT2D eigenvalue weighted by Gasteiger charge is 2.47. The average Bonchev–Trinajstić information content (AvgIpc) is 3.22. The molecule has 24 heavy (non-hydrogen) atoms. The number of carbonyl (C=O) groups is 2. The predicted molar refractivity (Wildman–Crippen MR) is 87.7 cm³/mol. The number of carbonyl (C=O) groups excluding carboxylic acids is 2. The Bertz CT molecular complexity index is 710. The predicted octanol–water partition coefficient (Wildman–Crippen LogP) is 0.309. The molecule has 3 heterocycles. The van der Waals surface area contributed by atoms with E-state index in [1.165, 1.54) is 12.8 Å². The summed E-state index contributed by atoms with van der Waals surface area (Å²) in [5.41, 5.74) is 0.810. The molecule has 0 radical (unpaired) electrons. The van der Waals surface area contributed by atoms with Gasteiger partial charge in [0.05, 0.1) is 0 Å². The van der Waals surface area contributed by atoms with Gasteiger partial charge in [0.1, 0.15) is 11.2 Å². The number of nitrogens with zero attached hydrogens (tertiary/aromatic N) is 4. The SMILES string of the molecule is CN(C)C1=NC2(CCN(C(=O)c3cc(C4CC4)[nH]n3)CC2)C(=O)N1. The van der Waals surface area contributed by atoms with E-state index in [1.54, 1.807) is 9.80 Å². The molecule has 2 aliphatic heterocycles. The quantitative estimate of drug-likeness (QED) is 0.816. The smallest absolute Gasteiger partial charge is 0.274 e. The Kier molecular flexibility index (Phi) is 3.36. The number of aromatic amines is 1. The van der Waals surface area contributed by atoms with Crippen molar-refractivity contribution in [3.05, 3.63) is 17.5 Å². The maximum Gasteiger partial charge on any atom is 0.274 e. The lowest BCUT2D eigenvalue weighted by Crippen LogP contribution is -2.50. The Morgan fingerprint density at radius 3 is 2.62 bits per heavy atom. The molecule has 1 aromatic rings. The largest absolute Gasteiger partial charge is 0.349 e. The molecule has 8 heteroatoms. The van der Waals surface area contributed by atoms with E-state index in [-0.39, 0.29) is 11.8 Å². The van der Waals surface area contributed by atoms with Gasteiger partial charge < -0.3 is 9.80 Å². The monoisotopic (exact) mass is 330 g/mol. The molecule has 1 aromatic heterocycles. The second-order valence-electron chi connectivity index (χ2n) is 7.09. The summed E-state index contributed by atoms with van der Waals surface area (Å²) in [7, 11) is 3.71. The first-order chi connectivity index (χ1) is 11.5. The summed E-state index contributed by atoms with van der Waals surface area (Å²) in [6.45, 7) is 1.03. The zero-order valence-corrected chi connectivity index (χ0v) is 14.0. The third kappa shape index (κ3) is 2.46. The summed E-state index contributed by atoms with van der Waals surface area (Å²) in [6, 6.07) is 1.87. The molecule has 0 unspecified atom stereocenters. The molecule has 1 aliphatic carbocycles. The number of piperidine rings is 1. The number of likely N-dealkylation sites (tertiary alicyclic amines) is 1. The van der Waals surface area contributed by atoms with Crippen LogP contribution in [0.1, 0.15) is 47.8 Å². The van der Waals surface area contributed by atoms with Crippen LogP contribution in [0, 0.1) is 0 Å². The molecule has 2 fully saturated rings. The molecule has 1 saturated carbocycles. The van der Waals surface area contributed by atoms with Crippen molar-refractivity contribution in [2.45, 2.75) is 37.1 Å². The number of guanidine groups is 1. The van der Waals surface area contributed by atoms with Crippen molar-refractivity contribution in [2.24, 2.45) is 4.99 Å². The average molecular weight is 330 g/mol. The number of hydrogen-bond acceptors (Lipinski definition) is 5. The van der Waals surface area contributed by atoms with Gasteiger partial charge in [0.2, 0.25) is 5.96 Å². The Morgan fingerprint density at radius 1 is 1.33 bits per heavy atom. The molecule has 4 rings (SSSR count). The van der Waals surface area contributed by atoms with Crippen LogP contribution >= 0.6 is 0 Å². The van der Waals surface area contributed by atoms with Crippen molar-refractivity contribution in [3.63, 3.8) is 0 Å². The highest BCUT2D eigenvalue weighted by Crippen LogP contribution is 2.39. The topological polar surface area (TPSA) is 93.7 Å². The Labute approximate surface area is 140 Å². The standard InChI is InChI=1S/C16H22N6O2/c1-21(2)15-17-14(24)16(18-15)5-7-22(8-6-16)13(23)12-9-11(19-20-12)10-3-4-10/h9-10H,3-8H2,1-2H3,(H,19,20)(H,17,18,24). The van der Waals surface area contributed by atoms with Crippen LogP contribution in [-0.4, -0.2) is 70.5 Å². The molecular weight excluding hydrogens is 308 g/mol. The third-order valence-corrected chi connectivity index (χ3v) is 5.10. The van der Waals surface area contributed by atoms with Crippen LogP contribution in [0.3, 0.4) is 0 Å². The normalized spacial score (nSPS) is 22.5. The fourth-order valence-corrected chi connectivity index (χ4v) is 3.34. The number of aliphatic imine (C=N–C) groups is 1. The zero-order valence-electron chi connectivity index (χ0n) is 14.0. The minimum atomic E-state index is -0.721. The summed E-state index contributed by atoms with van der Waals surface area (Å²) in [5.74, 6) is 1.02. The number of nitrogens with one attached hydrogen (secondary N) is 2. The molecular formula is C16H22N6O2. The molecule has 1 saturated heterocycles. The van der Waals surface area contributed by atoms with E-state index in [1.807, 2.05) is 20.2 Å². The molecule has 1 spiro atoms. The van der Waals surface area contributed by atoms with Crippen LogP contribution in [0.15, 0.2) is 11.1 Å². The Hall–Kier alpha value is -2.38. The molecule has 3 aliphatic rings. The summed E-state index contributed by atoms with van der Waals surface area (Å²) < 4.78 is 0. The van der Waals surface area contributed by atoms with E-state index in [0.29, 0.717) is 43.5 Å². The van der Waals surface area contributed by atoms with Gasteiger partial charge in [-0.2, -0.15) is 5.10 Å². The second kappa shape index (κ2) is 5.32. The van der Waals surface area contributed by atoms with Gasteiger partial charge in [-0.1, -0.05) is 0 Å². The summed E-state index contributed by atoms with van der Waals surface area (Å²) in [5, 5.41) is 9.96. The van der Waals surface area contributed by atoms with Crippen LogP contribution in [0.25, 0.3) is 0 Å². The summed E-state index contributed by atoms with van der Waals surface area (Å²) >= 11 is 0. The maximum atomic E-state index is 12.6. The van der Waals surface area contributed by atoms with Gasteiger partial charge in [0, 0.05) is 38.8 Å². The second-order valence-corrected chi connectivity index (χ2v) is 7.09. The number of rotatable bonds is 2. The maximum absolute atomic E-state index is 12.6. The lowest BCUT2D eigenvalue weighted by Gasteiger charge is -2.35. The van der Waals surface area contributed by atoms with Gasteiger partial charge in [0.15, 0.2) is 0 Å². The van der Waals surface area contributed by atoms with Crippen molar-refractivity contribution in [1.29, 1.82) is 0 Å². The number of amides is 2. The first-order valence-electron chi connectivity index (χ1n) is 8.42. The van der Waals surface area contributed by atoms with E-state index in [0.717, 1.165) is 5.69 Å². The fourth-order valence-electron chi connectivity index (χ4n) is 3.34. The van der Waals surface area contributed by atoms with Gasteiger partial charge in [-0.15, -0.1) is 0 Å². The number of aromatic nitrogens is 2. The lowest BCUT2D eigenvalue weighted by molar-refractivity contribution is -0.125. The Balaban J connectivity index is 1.44. The summed E-state index contributed by atoms with van der Waals surface area (Å²) in [4.78, 5) is 33.1. The molecule has 8 nitrogen and oxygen atoms in total. The summed E-state index contributed by atoms with van der Waals surface area (Å²) in [6.07, 6.45) is 3.43. The molecule has 0 atom stereocenters. The fraction of sp³-hybridized carbons (Fsp3) is 0.625. The highest BCUT2D eigenvalue weighted by atomic mass is 16.2. The molecule has 0 bridgehead atoms. The number of hydrogen-bond donors (Lipinski definition) is 2. The van der Waals surface area contributed by atoms with Gasteiger partial charge in [-0.3, -0.25) is 20.0 Å². The molecule has 2 amide bonds. The van der Waals surface area contributed by atoms with Crippen LogP contribution in [0.2, 0.25) is 0 Å². The van der Waals surface area contributed by atoms with Crippen molar-refractivity contribution < 1.29 is 9.59 Å². The van der Waals surface area contributed by atoms with Crippen molar-refractivity contribution in [1.82, 2.24) is 25.3 Å². The molecule has 2 N–H and O–H groups in total. The van der Waals surface area contributed by atoms with E-state index in [2.05, 4.69) is 20.5 Å². The van der Waals surface area contributed by atoms with Crippen LogP contribution in [-0.2, 0) is 4.79 Å². The minimum Gasteiger partial charge on any atom is -0.349 e. The third-order valence-electron chi connectivity index (χ3n) is 5.10. The zero-order chi connectivity index (χ0) is 16.9. The van der Waals surface area contributed by atoms with Crippen molar-refractivity contribution in [2.75, 3.05) is 27.2 Å². The Morgan fingerprint density at radius 2 is 2.04 bits per heavy atom. The first-order valence-corrected chi connectivity index (χ1v) is 8.42. The molecule has 128 valence electrons. The van der Waals surface area contributed by atoms with Crippen LogP contribution < -0.4 is 5.32 Å². The van der Waals surface area contributed by atoms with Gasteiger partial charge in [-0.05, 0) is 31.7 Å². The highest BCUT2D eigenvalue weighted by molar-refractivity contribution is 6.07. The van der Waals surface area contributed by atoms with Gasteiger partial charge in [0.25, 0.3) is 11.8 Å². The van der Waals surface area contributed by atoms with E-state index in [4.69, 9.17) is 0 Å². The van der Waals surface area contributed by atoms with E-state index >= 15 is 0 Å². The van der Waals surface area contributed by atoms with E-state index < -0.39 is 5.54 Å². The van der Waals surface area contributed by atoms with E-state index in [9.17, 15) is 9.59 Å². The minimum absolute atomic E-state index is 0.0610. The van der Waals surface area contributed by atoms with Gasteiger partial charge in [-0.25, -0.2) is 4.99 Å². The van der Waals surface area contributed by atoms with Crippen LogP contribution in [0.5, 0.6) is 0 Å². The number of H-pyrrole nitrogens is 1. The lowest BCUT2D eigenvalue weighted by atomic mass is 9.88. The van der Waals surface area contributed by atoms with Gasteiger partial charge >= 0.3 is 0 Å². The van der Waals surface area contributed by atoms with Crippen molar-refractivity contribution in [3.8, 4) is 0 Å². The van der Waals surface area contributed by atoms with Crippen molar-refractivity contribution >= 4 is 17.8 Å².